The second-order valence-corrected chi connectivity index (χ2v) is 5.60. The summed E-state index contributed by atoms with van der Waals surface area (Å²) in [5.74, 6) is -0.0235. The monoisotopic (exact) mass is 278 g/mol. The van der Waals surface area contributed by atoms with Crippen LogP contribution in [0.1, 0.15) is 33.3 Å². The molecule has 0 aromatic heterocycles. The molecule has 5 nitrogen and oxygen atoms in total. The maximum absolute atomic E-state index is 11.5. The Labute approximate surface area is 119 Å². The third kappa shape index (κ3) is 5.30. The van der Waals surface area contributed by atoms with E-state index in [4.69, 9.17) is 4.74 Å². The molecule has 0 saturated carbocycles. The van der Waals surface area contributed by atoms with E-state index in [-0.39, 0.29) is 5.91 Å². The third-order valence-electron chi connectivity index (χ3n) is 2.63. The summed E-state index contributed by atoms with van der Waals surface area (Å²) in [6.07, 6.45) is -0.442. The Bertz CT molecular complexity index is 475. The Balaban J connectivity index is 2.54. The van der Waals surface area contributed by atoms with Crippen LogP contribution in [0.2, 0.25) is 0 Å². The lowest BCUT2D eigenvalue weighted by atomic mass is 10.2. The van der Waals surface area contributed by atoms with E-state index < -0.39 is 11.7 Å². The fourth-order valence-corrected chi connectivity index (χ4v) is 1.51. The average Bonchev–Trinajstić information content (AvgIpc) is 2.34. The number of nitrogens with zero attached hydrogens (tertiary/aromatic N) is 1. The van der Waals surface area contributed by atoms with Crippen LogP contribution >= 0.6 is 0 Å². The highest BCUT2D eigenvalue weighted by Gasteiger charge is 2.15. The molecule has 0 aliphatic heterocycles. The predicted octanol–water partition coefficient (Wildman–Crippen LogP) is 2.69. The van der Waals surface area contributed by atoms with Crippen LogP contribution in [0.3, 0.4) is 0 Å². The molecule has 1 aromatic rings. The van der Waals surface area contributed by atoms with Gasteiger partial charge in [0.1, 0.15) is 5.60 Å². The minimum absolute atomic E-state index is 0.0235. The maximum Gasteiger partial charge on any atom is 0.407 e. The molecule has 0 fully saturated rings. The van der Waals surface area contributed by atoms with Gasteiger partial charge in [-0.1, -0.05) is 12.1 Å². The smallest absolute Gasteiger partial charge is 0.407 e. The third-order valence-corrected chi connectivity index (χ3v) is 2.63. The number of rotatable bonds is 3. The predicted molar refractivity (Wildman–Crippen MR) is 78.6 cm³/mol. The summed E-state index contributed by atoms with van der Waals surface area (Å²) in [7, 11) is 1.72. The summed E-state index contributed by atoms with van der Waals surface area (Å²) in [5.41, 5.74) is 1.26. The van der Waals surface area contributed by atoms with E-state index >= 15 is 0 Å². The van der Waals surface area contributed by atoms with Crippen molar-refractivity contribution in [3.8, 4) is 0 Å². The van der Waals surface area contributed by atoms with Crippen LogP contribution in [0.15, 0.2) is 24.3 Å². The van der Waals surface area contributed by atoms with Crippen LogP contribution in [-0.4, -0.2) is 24.6 Å². The number of ether oxygens (including phenoxy) is 1. The van der Waals surface area contributed by atoms with Crippen molar-refractivity contribution in [2.75, 3.05) is 11.9 Å². The maximum atomic E-state index is 11.5. The average molecular weight is 278 g/mol. The topological polar surface area (TPSA) is 58.6 Å². The van der Waals surface area contributed by atoms with Gasteiger partial charge in [-0.3, -0.25) is 4.79 Å². The molecule has 0 radical (unpaired) electrons. The molecule has 1 N–H and O–H groups in total. The number of alkyl carbamates (subject to hydrolysis) is 1. The molecular formula is C15H22N2O3. The van der Waals surface area contributed by atoms with E-state index in [0.717, 1.165) is 11.3 Å². The molecule has 0 spiro atoms. The second-order valence-electron chi connectivity index (χ2n) is 5.60. The van der Waals surface area contributed by atoms with Crippen molar-refractivity contribution in [3.63, 3.8) is 0 Å². The van der Waals surface area contributed by atoms with Crippen molar-refractivity contribution in [2.45, 2.75) is 39.8 Å². The fraction of sp³-hybridized carbons (Fsp3) is 0.467. The zero-order valence-corrected chi connectivity index (χ0v) is 12.7. The van der Waals surface area contributed by atoms with E-state index in [1.165, 1.54) is 6.92 Å². The van der Waals surface area contributed by atoms with Crippen molar-refractivity contribution >= 4 is 17.7 Å². The van der Waals surface area contributed by atoms with Gasteiger partial charge in [-0.05, 0) is 38.5 Å². The lowest BCUT2D eigenvalue weighted by Gasteiger charge is -2.20. The molecule has 110 valence electrons. The molecule has 2 amide bonds. The second kappa shape index (κ2) is 6.41. The summed E-state index contributed by atoms with van der Waals surface area (Å²) in [6, 6.07) is 7.42. The van der Waals surface area contributed by atoms with E-state index in [0.29, 0.717) is 6.54 Å². The van der Waals surface area contributed by atoms with E-state index in [9.17, 15) is 9.59 Å². The van der Waals surface area contributed by atoms with Crippen LogP contribution in [-0.2, 0) is 16.1 Å². The first-order valence-electron chi connectivity index (χ1n) is 6.49. The van der Waals surface area contributed by atoms with Crippen LogP contribution in [0.4, 0.5) is 10.5 Å². The largest absolute Gasteiger partial charge is 0.444 e. The summed E-state index contributed by atoms with van der Waals surface area (Å²) in [5, 5.41) is 2.69. The molecule has 0 atom stereocenters. The van der Waals surface area contributed by atoms with Gasteiger partial charge in [-0.2, -0.15) is 0 Å². The standard InChI is InChI=1S/C15H22N2O3/c1-11(18)17(5)13-8-6-12(7-9-13)10-16-14(19)20-15(2,3)4/h6-9H,10H2,1-5H3,(H,16,19). The summed E-state index contributed by atoms with van der Waals surface area (Å²) >= 11 is 0. The number of amides is 2. The highest BCUT2D eigenvalue weighted by molar-refractivity contribution is 5.90. The van der Waals surface area contributed by atoms with E-state index in [2.05, 4.69) is 5.32 Å². The Morgan fingerprint density at radius 1 is 1.20 bits per heavy atom. The fourth-order valence-electron chi connectivity index (χ4n) is 1.51. The number of benzene rings is 1. The normalized spacial score (nSPS) is 10.8. The molecule has 5 heteroatoms. The van der Waals surface area contributed by atoms with Crippen molar-refractivity contribution in [2.24, 2.45) is 0 Å². The number of carbonyl (C=O) groups excluding carboxylic acids is 2. The number of carbonyl (C=O) groups is 2. The summed E-state index contributed by atoms with van der Waals surface area (Å²) < 4.78 is 5.15. The Kier molecular flexibility index (Phi) is 5.13. The first-order valence-corrected chi connectivity index (χ1v) is 6.49. The van der Waals surface area contributed by atoms with Crippen LogP contribution in [0, 0.1) is 0 Å². The Morgan fingerprint density at radius 2 is 1.75 bits per heavy atom. The number of anilines is 1. The Hall–Kier alpha value is -2.04. The number of hydrogen-bond acceptors (Lipinski definition) is 3. The first kappa shape index (κ1) is 16.0. The molecular weight excluding hydrogens is 256 g/mol. The summed E-state index contributed by atoms with van der Waals surface area (Å²) in [6.45, 7) is 7.36. The van der Waals surface area contributed by atoms with Gasteiger partial charge in [0, 0.05) is 26.2 Å². The molecule has 0 aliphatic carbocycles. The molecule has 0 bridgehead atoms. The van der Waals surface area contributed by atoms with Gasteiger partial charge >= 0.3 is 6.09 Å². The van der Waals surface area contributed by atoms with Crippen LogP contribution in [0.5, 0.6) is 0 Å². The summed E-state index contributed by atoms with van der Waals surface area (Å²) in [4.78, 5) is 24.3. The lowest BCUT2D eigenvalue weighted by Crippen LogP contribution is -2.32. The molecule has 0 aliphatic rings. The van der Waals surface area contributed by atoms with Gasteiger partial charge in [0.2, 0.25) is 5.91 Å². The van der Waals surface area contributed by atoms with Crippen molar-refractivity contribution in [3.05, 3.63) is 29.8 Å². The highest BCUT2D eigenvalue weighted by atomic mass is 16.6. The van der Waals surface area contributed by atoms with Gasteiger partial charge in [0.15, 0.2) is 0 Å². The van der Waals surface area contributed by atoms with Crippen molar-refractivity contribution < 1.29 is 14.3 Å². The minimum Gasteiger partial charge on any atom is -0.444 e. The van der Waals surface area contributed by atoms with Gasteiger partial charge in [0.05, 0.1) is 0 Å². The number of nitrogens with one attached hydrogen (secondary N) is 1. The van der Waals surface area contributed by atoms with Gasteiger partial charge in [-0.15, -0.1) is 0 Å². The molecule has 0 heterocycles. The van der Waals surface area contributed by atoms with Gasteiger partial charge in [-0.25, -0.2) is 4.79 Å². The SMILES string of the molecule is CC(=O)N(C)c1ccc(CNC(=O)OC(C)(C)C)cc1. The van der Waals surface area contributed by atoms with Crippen LogP contribution in [0.25, 0.3) is 0 Å². The van der Waals surface area contributed by atoms with Crippen molar-refractivity contribution in [1.29, 1.82) is 0 Å². The van der Waals surface area contributed by atoms with Crippen molar-refractivity contribution in [1.82, 2.24) is 5.32 Å². The molecule has 20 heavy (non-hydrogen) atoms. The molecule has 1 rings (SSSR count). The zero-order chi connectivity index (χ0) is 15.3. The zero-order valence-electron chi connectivity index (χ0n) is 12.7. The lowest BCUT2D eigenvalue weighted by molar-refractivity contribution is -0.116. The van der Waals surface area contributed by atoms with Crippen LogP contribution < -0.4 is 10.2 Å². The molecule has 0 saturated heterocycles. The van der Waals surface area contributed by atoms with E-state index in [1.54, 1.807) is 11.9 Å². The first-order chi connectivity index (χ1) is 9.19. The Morgan fingerprint density at radius 3 is 2.20 bits per heavy atom. The minimum atomic E-state index is -0.502. The molecule has 1 aromatic carbocycles. The van der Waals surface area contributed by atoms with Gasteiger partial charge in [0.25, 0.3) is 0 Å². The van der Waals surface area contributed by atoms with Gasteiger partial charge < -0.3 is 15.0 Å². The quantitative estimate of drug-likeness (QED) is 0.924. The van der Waals surface area contributed by atoms with E-state index in [1.807, 2.05) is 45.0 Å². The number of hydrogen-bond donors (Lipinski definition) is 1. The highest BCUT2D eigenvalue weighted by Crippen LogP contribution is 2.14. The molecule has 0 unspecified atom stereocenters.